The molecule has 0 N–H and O–H groups in total. The van der Waals surface area contributed by atoms with Crippen LogP contribution in [0.1, 0.15) is 47.0 Å². The first-order valence-corrected chi connectivity index (χ1v) is 6.48. The number of rotatable bonds is 1. The van der Waals surface area contributed by atoms with Gasteiger partial charge in [0.05, 0.1) is 0 Å². The predicted molar refractivity (Wildman–Crippen MR) is 66.7 cm³/mol. The summed E-state index contributed by atoms with van der Waals surface area (Å²) in [6.45, 7) is 9.45. The van der Waals surface area contributed by atoms with E-state index in [4.69, 9.17) is 0 Å². The fourth-order valence-electron chi connectivity index (χ4n) is 3.35. The van der Waals surface area contributed by atoms with Crippen LogP contribution in [-0.4, -0.2) is 0 Å². The van der Waals surface area contributed by atoms with Gasteiger partial charge in [-0.15, -0.1) is 0 Å². The van der Waals surface area contributed by atoms with Gasteiger partial charge in [-0.05, 0) is 49.9 Å². The van der Waals surface area contributed by atoms with Crippen molar-refractivity contribution in [3.63, 3.8) is 0 Å². The molecule has 0 aromatic rings. The van der Waals surface area contributed by atoms with E-state index in [0.29, 0.717) is 0 Å². The smallest absolute Gasteiger partial charge is 0.0137 e. The van der Waals surface area contributed by atoms with Crippen LogP contribution in [0, 0.1) is 23.7 Å². The Hall–Kier alpha value is -0.520. The summed E-state index contributed by atoms with van der Waals surface area (Å²) in [6, 6.07) is 0. The Balaban J connectivity index is 2.28. The van der Waals surface area contributed by atoms with Crippen LogP contribution in [0.4, 0.5) is 0 Å². The van der Waals surface area contributed by atoms with Crippen molar-refractivity contribution < 1.29 is 0 Å². The molecule has 2 aliphatic carbocycles. The molecular weight excluding hydrogens is 180 g/mol. The highest BCUT2D eigenvalue weighted by atomic mass is 14.4. The molecule has 0 amide bonds. The molecule has 0 bridgehead atoms. The van der Waals surface area contributed by atoms with E-state index in [1.807, 2.05) is 0 Å². The Labute approximate surface area is 94.5 Å². The van der Waals surface area contributed by atoms with Gasteiger partial charge in [0, 0.05) is 0 Å². The SMILES string of the molecule is CC1=CC[C@H]2C(=C1)[C@@H](C(C)C)CC[C@H]2C. The summed E-state index contributed by atoms with van der Waals surface area (Å²) in [6.07, 6.45) is 9.04. The maximum Gasteiger partial charge on any atom is -0.0137 e. The third-order valence-corrected chi connectivity index (χ3v) is 4.37. The lowest BCUT2D eigenvalue weighted by molar-refractivity contribution is 0.236. The first-order chi connectivity index (χ1) is 7.09. The summed E-state index contributed by atoms with van der Waals surface area (Å²) in [5.41, 5.74) is 3.25. The second-order valence-electron chi connectivity index (χ2n) is 5.84. The van der Waals surface area contributed by atoms with Gasteiger partial charge in [0.2, 0.25) is 0 Å². The summed E-state index contributed by atoms with van der Waals surface area (Å²) in [5, 5.41) is 0. The van der Waals surface area contributed by atoms with Crippen molar-refractivity contribution in [3.05, 3.63) is 23.3 Å². The fourth-order valence-corrected chi connectivity index (χ4v) is 3.35. The van der Waals surface area contributed by atoms with Gasteiger partial charge in [0.25, 0.3) is 0 Å². The summed E-state index contributed by atoms with van der Waals surface area (Å²) < 4.78 is 0. The normalized spacial score (nSPS) is 35.9. The van der Waals surface area contributed by atoms with Gasteiger partial charge in [0.15, 0.2) is 0 Å². The van der Waals surface area contributed by atoms with Crippen molar-refractivity contribution in [2.24, 2.45) is 23.7 Å². The van der Waals surface area contributed by atoms with Crippen molar-refractivity contribution in [1.29, 1.82) is 0 Å². The summed E-state index contributed by atoms with van der Waals surface area (Å²) in [5.74, 6) is 3.43. The van der Waals surface area contributed by atoms with Crippen molar-refractivity contribution in [2.75, 3.05) is 0 Å². The minimum absolute atomic E-state index is 0.817. The zero-order chi connectivity index (χ0) is 11.0. The molecule has 1 fully saturated rings. The van der Waals surface area contributed by atoms with Gasteiger partial charge in [-0.2, -0.15) is 0 Å². The van der Waals surface area contributed by atoms with Crippen LogP contribution < -0.4 is 0 Å². The third kappa shape index (κ3) is 2.04. The highest BCUT2D eigenvalue weighted by Crippen LogP contribution is 2.45. The minimum Gasteiger partial charge on any atom is -0.0810 e. The summed E-state index contributed by atoms with van der Waals surface area (Å²) >= 11 is 0. The molecule has 2 aliphatic rings. The lowest BCUT2D eigenvalue weighted by atomic mass is 9.65. The summed E-state index contributed by atoms with van der Waals surface area (Å²) in [7, 11) is 0. The van der Waals surface area contributed by atoms with Gasteiger partial charge in [-0.1, -0.05) is 44.1 Å². The maximum atomic E-state index is 2.48. The third-order valence-electron chi connectivity index (χ3n) is 4.37. The molecule has 0 heteroatoms. The fraction of sp³-hybridized carbons (Fsp3) is 0.733. The van der Waals surface area contributed by atoms with Crippen LogP contribution in [0.25, 0.3) is 0 Å². The molecule has 0 radical (unpaired) electrons. The van der Waals surface area contributed by atoms with Crippen molar-refractivity contribution >= 4 is 0 Å². The van der Waals surface area contributed by atoms with E-state index < -0.39 is 0 Å². The van der Waals surface area contributed by atoms with E-state index in [1.54, 1.807) is 5.57 Å². The van der Waals surface area contributed by atoms with Gasteiger partial charge in [0.1, 0.15) is 0 Å². The largest absolute Gasteiger partial charge is 0.0810 e. The average molecular weight is 204 g/mol. The monoisotopic (exact) mass is 204 g/mol. The second kappa shape index (κ2) is 4.15. The van der Waals surface area contributed by atoms with E-state index in [-0.39, 0.29) is 0 Å². The molecule has 2 rings (SSSR count). The van der Waals surface area contributed by atoms with E-state index >= 15 is 0 Å². The molecule has 84 valence electrons. The lowest BCUT2D eigenvalue weighted by Gasteiger charge is -2.40. The standard InChI is InChI=1S/C15H24/c1-10(2)13-8-6-12(4)14-7-5-11(3)9-15(13)14/h5,9-10,12-14H,6-8H2,1-4H3/t12-,13-,14-/m1/s1. The Morgan fingerprint density at radius 1 is 1.27 bits per heavy atom. The molecule has 0 aliphatic heterocycles. The van der Waals surface area contributed by atoms with Crippen LogP contribution in [0.15, 0.2) is 23.3 Å². The zero-order valence-corrected chi connectivity index (χ0v) is 10.6. The van der Waals surface area contributed by atoms with E-state index in [9.17, 15) is 0 Å². The second-order valence-corrected chi connectivity index (χ2v) is 5.84. The van der Waals surface area contributed by atoms with E-state index in [2.05, 4.69) is 39.8 Å². The molecule has 0 spiro atoms. The Bertz CT molecular complexity index is 293. The van der Waals surface area contributed by atoms with Gasteiger partial charge >= 0.3 is 0 Å². The van der Waals surface area contributed by atoms with Crippen LogP contribution in [0.2, 0.25) is 0 Å². The van der Waals surface area contributed by atoms with E-state index in [0.717, 1.165) is 23.7 Å². The quantitative estimate of drug-likeness (QED) is 0.586. The van der Waals surface area contributed by atoms with Crippen LogP contribution in [0.5, 0.6) is 0 Å². The van der Waals surface area contributed by atoms with Gasteiger partial charge in [-0.3, -0.25) is 0 Å². The Kier molecular flexibility index (Phi) is 3.04. The number of hydrogen-bond acceptors (Lipinski definition) is 0. The molecule has 0 heterocycles. The topological polar surface area (TPSA) is 0 Å². The molecule has 3 atom stereocenters. The number of allylic oxidation sites excluding steroid dienone is 4. The first-order valence-electron chi connectivity index (χ1n) is 6.48. The van der Waals surface area contributed by atoms with Crippen LogP contribution in [0.3, 0.4) is 0 Å². The predicted octanol–water partition coefficient (Wildman–Crippen LogP) is 4.58. The van der Waals surface area contributed by atoms with Crippen LogP contribution >= 0.6 is 0 Å². The molecule has 0 aromatic carbocycles. The lowest BCUT2D eigenvalue weighted by Crippen LogP contribution is -2.30. The number of hydrogen-bond donors (Lipinski definition) is 0. The molecule has 0 aromatic heterocycles. The van der Waals surface area contributed by atoms with Crippen molar-refractivity contribution in [1.82, 2.24) is 0 Å². The molecule has 1 saturated carbocycles. The molecular formula is C15H24. The zero-order valence-electron chi connectivity index (χ0n) is 10.6. The molecule has 0 saturated heterocycles. The molecule has 0 nitrogen and oxygen atoms in total. The van der Waals surface area contributed by atoms with Crippen molar-refractivity contribution in [3.8, 4) is 0 Å². The number of fused-ring (bicyclic) bond motifs is 1. The minimum atomic E-state index is 0.817. The van der Waals surface area contributed by atoms with Crippen molar-refractivity contribution in [2.45, 2.75) is 47.0 Å². The van der Waals surface area contributed by atoms with Gasteiger partial charge < -0.3 is 0 Å². The van der Waals surface area contributed by atoms with Gasteiger partial charge in [-0.25, -0.2) is 0 Å². The highest BCUT2D eigenvalue weighted by Gasteiger charge is 2.34. The molecule has 15 heavy (non-hydrogen) atoms. The Morgan fingerprint density at radius 2 is 2.00 bits per heavy atom. The first kappa shape index (κ1) is 11.0. The summed E-state index contributed by atoms with van der Waals surface area (Å²) in [4.78, 5) is 0. The average Bonchev–Trinajstić information content (AvgIpc) is 2.17. The maximum absolute atomic E-state index is 2.48. The van der Waals surface area contributed by atoms with Crippen LogP contribution in [-0.2, 0) is 0 Å². The Morgan fingerprint density at radius 3 is 2.67 bits per heavy atom. The highest BCUT2D eigenvalue weighted by molar-refractivity contribution is 5.31. The van der Waals surface area contributed by atoms with E-state index in [1.165, 1.54) is 24.8 Å². The molecule has 0 unspecified atom stereocenters.